The van der Waals surface area contributed by atoms with Crippen LogP contribution in [0.15, 0.2) is 40.5 Å². The Kier molecular flexibility index (Phi) is 6.50. The molecule has 0 atom stereocenters. The number of fused-ring (bicyclic) bond motifs is 2. The number of hydrazine groups is 1. The molecular weight excluding hydrogens is 314 g/mol. The molecule has 1 saturated heterocycles. The molecule has 22 heavy (non-hydrogen) atoms. The molecule has 1 aromatic heterocycles. The van der Waals surface area contributed by atoms with E-state index >= 15 is 0 Å². The van der Waals surface area contributed by atoms with Gasteiger partial charge in [0, 0.05) is 17.3 Å². The van der Waals surface area contributed by atoms with E-state index in [1.165, 1.54) is 10.5 Å². The molecule has 0 bridgehead atoms. The molecule has 0 radical (unpaired) electrons. The second-order valence-corrected chi connectivity index (χ2v) is 6.31. The topological polar surface area (TPSA) is 81.7 Å². The fourth-order valence-electron chi connectivity index (χ4n) is 1.70. The first-order valence-electron chi connectivity index (χ1n) is 7.16. The number of aromatic nitrogens is 2. The number of hydrogen-bond acceptors (Lipinski definition) is 7. The van der Waals surface area contributed by atoms with Gasteiger partial charge in [0.2, 0.25) is 0 Å². The van der Waals surface area contributed by atoms with Crippen molar-refractivity contribution in [2.24, 2.45) is 0 Å². The molecule has 3 heterocycles. The first-order valence-corrected chi connectivity index (χ1v) is 9.27. The fraction of sp³-hybridized carbons (Fsp3) is 0.333. The lowest BCUT2D eigenvalue weighted by Crippen LogP contribution is -2.03. The smallest absolute Gasteiger partial charge is 0.163 e. The first kappa shape index (κ1) is 17.1. The Bertz CT molecular complexity index is 617. The van der Waals surface area contributed by atoms with Gasteiger partial charge in [0.25, 0.3) is 0 Å². The van der Waals surface area contributed by atoms with Crippen LogP contribution in [0, 0.1) is 6.92 Å². The predicted molar refractivity (Wildman–Crippen MR) is 95.5 cm³/mol. The van der Waals surface area contributed by atoms with Crippen LogP contribution in [0.1, 0.15) is 19.4 Å². The van der Waals surface area contributed by atoms with Gasteiger partial charge in [-0.15, -0.1) is 11.8 Å². The molecule has 7 heteroatoms. The van der Waals surface area contributed by atoms with Gasteiger partial charge >= 0.3 is 0 Å². The molecule has 2 aliphatic heterocycles. The fourth-order valence-corrected chi connectivity index (χ4v) is 2.88. The second kappa shape index (κ2) is 8.38. The highest BCUT2D eigenvalue weighted by atomic mass is 32.2. The average Bonchev–Trinajstić information content (AvgIpc) is 3.40. The van der Waals surface area contributed by atoms with Gasteiger partial charge in [-0.3, -0.25) is 0 Å². The van der Waals surface area contributed by atoms with Crippen LogP contribution in [0.5, 0.6) is 0 Å². The van der Waals surface area contributed by atoms with Gasteiger partial charge < -0.3 is 5.32 Å². The van der Waals surface area contributed by atoms with Crippen LogP contribution in [0.3, 0.4) is 0 Å². The summed E-state index contributed by atoms with van der Waals surface area (Å²) in [4.78, 5) is 9.73. The standard InChI is InChI=1S/C11H9N3S.C2H6N2S.C2H6/c1-7-2-3-9-8(6-7)14-10-11(15-9)13-5-4-12-10;1-5-2-3-4-2;1-2/h2-6H,1H3,(H,12,14);2-4H,1H3;1-2H3. The zero-order chi connectivity index (χ0) is 15.9. The number of aryl methyl sites for hydroxylation is 1. The van der Waals surface area contributed by atoms with Crippen molar-refractivity contribution in [3.63, 3.8) is 0 Å². The molecule has 0 unspecified atom stereocenters. The van der Waals surface area contributed by atoms with Crippen LogP contribution in [0.25, 0.3) is 0 Å². The summed E-state index contributed by atoms with van der Waals surface area (Å²) in [5, 5.41) is 4.23. The summed E-state index contributed by atoms with van der Waals surface area (Å²) in [7, 11) is 0. The molecular formula is C15H21N5S2. The molecule has 4 rings (SSSR count). The number of anilines is 2. The minimum atomic E-state index is 0.551. The lowest BCUT2D eigenvalue weighted by atomic mass is 10.2. The Labute approximate surface area is 140 Å². The molecule has 2 aliphatic rings. The Hall–Kier alpha value is -1.28. The Morgan fingerprint density at radius 1 is 1.14 bits per heavy atom. The van der Waals surface area contributed by atoms with Gasteiger partial charge in [0.15, 0.2) is 5.82 Å². The highest BCUT2D eigenvalue weighted by Gasteiger charge is 2.17. The third-order valence-corrected chi connectivity index (χ3v) is 4.53. The van der Waals surface area contributed by atoms with Gasteiger partial charge in [0.05, 0.1) is 5.69 Å². The number of benzene rings is 1. The van der Waals surface area contributed by atoms with E-state index in [9.17, 15) is 0 Å². The molecule has 118 valence electrons. The quantitative estimate of drug-likeness (QED) is 0.584. The van der Waals surface area contributed by atoms with Gasteiger partial charge in [-0.05, 0) is 30.9 Å². The van der Waals surface area contributed by atoms with E-state index in [-0.39, 0.29) is 0 Å². The molecule has 1 fully saturated rings. The van der Waals surface area contributed by atoms with Gasteiger partial charge in [-0.2, -0.15) is 0 Å². The van der Waals surface area contributed by atoms with Crippen molar-refractivity contribution in [3.8, 4) is 0 Å². The van der Waals surface area contributed by atoms with E-state index in [0.29, 0.717) is 5.50 Å². The lowest BCUT2D eigenvalue weighted by Gasteiger charge is -2.18. The van der Waals surface area contributed by atoms with Gasteiger partial charge in [-0.25, -0.2) is 20.8 Å². The minimum Gasteiger partial charge on any atom is -0.337 e. The molecule has 1 aromatic carbocycles. The van der Waals surface area contributed by atoms with E-state index in [1.54, 1.807) is 35.9 Å². The highest BCUT2D eigenvalue weighted by molar-refractivity contribution is 7.99. The Morgan fingerprint density at radius 2 is 1.86 bits per heavy atom. The van der Waals surface area contributed by atoms with E-state index in [4.69, 9.17) is 0 Å². The van der Waals surface area contributed by atoms with Crippen LogP contribution in [0.4, 0.5) is 11.5 Å². The van der Waals surface area contributed by atoms with Crippen molar-refractivity contribution in [2.75, 3.05) is 11.6 Å². The largest absolute Gasteiger partial charge is 0.337 e. The number of nitrogens with one attached hydrogen (secondary N) is 3. The maximum atomic E-state index is 4.28. The molecule has 0 spiro atoms. The zero-order valence-electron chi connectivity index (χ0n) is 13.2. The number of thioether (sulfide) groups is 1. The number of hydrogen-bond donors (Lipinski definition) is 3. The van der Waals surface area contributed by atoms with E-state index in [1.807, 2.05) is 13.8 Å². The second-order valence-electron chi connectivity index (χ2n) is 4.34. The lowest BCUT2D eigenvalue weighted by molar-refractivity contribution is 1.05. The number of nitrogens with zero attached hydrogens (tertiary/aromatic N) is 2. The predicted octanol–water partition coefficient (Wildman–Crippen LogP) is 3.76. The Balaban J connectivity index is 0.000000213. The maximum absolute atomic E-state index is 4.28. The van der Waals surface area contributed by atoms with Crippen molar-refractivity contribution >= 4 is 35.0 Å². The molecule has 3 N–H and O–H groups in total. The summed E-state index contributed by atoms with van der Waals surface area (Å²) >= 11 is 3.42. The van der Waals surface area contributed by atoms with Crippen LogP contribution in [-0.2, 0) is 0 Å². The summed E-state index contributed by atoms with van der Waals surface area (Å²) in [6.07, 6.45) is 5.47. The molecule has 0 aliphatic carbocycles. The van der Waals surface area contributed by atoms with Gasteiger partial charge in [-0.1, -0.05) is 31.7 Å². The van der Waals surface area contributed by atoms with Gasteiger partial charge in [0.1, 0.15) is 10.5 Å². The van der Waals surface area contributed by atoms with Crippen molar-refractivity contribution < 1.29 is 0 Å². The SMILES string of the molecule is CC.CSC1NN1.Cc1ccc2c(c1)Nc1nccnc1S2. The normalized spacial score (nSPS) is 14.2. The summed E-state index contributed by atoms with van der Waals surface area (Å²) in [5.74, 6) is 0.848. The van der Waals surface area contributed by atoms with Crippen molar-refractivity contribution in [1.82, 2.24) is 20.8 Å². The zero-order valence-corrected chi connectivity index (χ0v) is 14.8. The molecule has 5 nitrogen and oxygen atoms in total. The average molecular weight is 336 g/mol. The molecule has 0 amide bonds. The first-order chi connectivity index (χ1) is 10.8. The van der Waals surface area contributed by atoms with E-state index in [0.717, 1.165) is 16.5 Å². The summed E-state index contributed by atoms with van der Waals surface area (Å²) in [6, 6.07) is 6.34. The van der Waals surface area contributed by atoms with Crippen molar-refractivity contribution in [3.05, 3.63) is 36.2 Å². The third kappa shape index (κ3) is 4.61. The number of rotatable bonds is 1. The summed E-state index contributed by atoms with van der Waals surface area (Å²) < 4.78 is 0. The van der Waals surface area contributed by atoms with Crippen molar-refractivity contribution in [1.29, 1.82) is 0 Å². The maximum Gasteiger partial charge on any atom is 0.163 e. The van der Waals surface area contributed by atoms with E-state index < -0.39 is 0 Å². The molecule has 2 aromatic rings. The van der Waals surface area contributed by atoms with Crippen LogP contribution in [-0.4, -0.2) is 21.7 Å². The third-order valence-electron chi connectivity index (χ3n) is 2.76. The summed E-state index contributed by atoms with van der Waals surface area (Å²) in [6.45, 7) is 6.08. The van der Waals surface area contributed by atoms with Crippen molar-refractivity contribution in [2.45, 2.75) is 36.2 Å². The van der Waals surface area contributed by atoms with Crippen LogP contribution in [0.2, 0.25) is 0 Å². The summed E-state index contributed by atoms with van der Waals surface area (Å²) in [5.41, 5.74) is 8.71. The Morgan fingerprint density at radius 3 is 2.50 bits per heavy atom. The monoisotopic (exact) mass is 335 g/mol. The van der Waals surface area contributed by atoms with Crippen LogP contribution >= 0.6 is 23.5 Å². The minimum absolute atomic E-state index is 0.551. The highest BCUT2D eigenvalue weighted by Crippen LogP contribution is 2.41. The molecule has 0 saturated carbocycles. The van der Waals surface area contributed by atoms with E-state index in [2.05, 4.69) is 57.5 Å². The van der Waals surface area contributed by atoms with Crippen LogP contribution < -0.4 is 16.2 Å².